The van der Waals surface area contributed by atoms with Crippen LogP contribution < -0.4 is 5.32 Å². The van der Waals surface area contributed by atoms with Gasteiger partial charge in [0.1, 0.15) is 5.82 Å². The molecule has 0 aliphatic heterocycles. The number of rotatable bonds is 4. The molecule has 0 atom stereocenters. The Kier molecular flexibility index (Phi) is 3.99. The number of nitrogens with one attached hydrogen (secondary N) is 1. The highest BCUT2D eigenvalue weighted by Crippen LogP contribution is 2.24. The van der Waals surface area contributed by atoms with Crippen LogP contribution in [0.4, 0.5) is 4.39 Å². The molecule has 124 valence electrons. The molecule has 2 heterocycles. The second-order valence-electron chi connectivity index (χ2n) is 5.45. The summed E-state index contributed by atoms with van der Waals surface area (Å²) in [6, 6.07) is 13.9. The Morgan fingerprint density at radius 3 is 2.92 bits per heavy atom. The standard InChI is InChI=1S/C18H13FN4OS/c19-14-5-3-4-12(8-14)9-20-17(24)13-10-21-23(11-13)18-22-15-6-1-2-7-16(15)25-18/h1-8,10-11H,9H2,(H,20,24). The molecule has 0 fully saturated rings. The molecule has 1 amide bonds. The number of halogens is 1. The first-order valence-electron chi connectivity index (χ1n) is 7.62. The van der Waals surface area contributed by atoms with Crippen LogP contribution in [-0.2, 0) is 6.54 Å². The maximum Gasteiger partial charge on any atom is 0.254 e. The predicted molar refractivity (Wildman–Crippen MR) is 94.3 cm³/mol. The molecule has 25 heavy (non-hydrogen) atoms. The Labute approximate surface area is 146 Å². The van der Waals surface area contributed by atoms with E-state index in [0.29, 0.717) is 16.3 Å². The summed E-state index contributed by atoms with van der Waals surface area (Å²) in [5.41, 5.74) is 2.03. The molecule has 0 spiro atoms. The van der Waals surface area contributed by atoms with Gasteiger partial charge in [-0.3, -0.25) is 4.79 Å². The van der Waals surface area contributed by atoms with Crippen LogP contribution in [0.5, 0.6) is 0 Å². The van der Waals surface area contributed by atoms with Gasteiger partial charge in [-0.15, -0.1) is 0 Å². The van der Waals surface area contributed by atoms with Gasteiger partial charge in [-0.25, -0.2) is 14.1 Å². The molecule has 0 unspecified atom stereocenters. The summed E-state index contributed by atoms with van der Waals surface area (Å²) in [5, 5.41) is 7.67. The quantitative estimate of drug-likeness (QED) is 0.611. The smallest absolute Gasteiger partial charge is 0.254 e. The van der Waals surface area contributed by atoms with Crippen molar-refractivity contribution >= 4 is 27.5 Å². The Morgan fingerprint density at radius 2 is 2.08 bits per heavy atom. The van der Waals surface area contributed by atoms with Crippen molar-refractivity contribution in [2.24, 2.45) is 0 Å². The fraction of sp³-hybridized carbons (Fsp3) is 0.0556. The topological polar surface area (TPSA) is 59.8 Å². The summed E-state index contributed by atoms with van der Waals surface area (Å²) in [6.45, 7) is 0.253. The number of thiazole rings is 1. The lowest BCUT2D eigenvalue weighted by atomic mass is 10.2. The number of hydrogen-bond donors (Lipinski definition) is 1. The van der Waals surface area contributed by atoms with Gasteiger partial charge in [-0.2, -0.15) is 5.10 Å². The zero-order valence-corrected chi connectivity index (χ0v) is 13.8. The van der Waals surface area contributed by atoms with Crippen molar-refractivity contribution < 1.29 is 9.18 Å². The number of carbonyl (C=O) groups excluding carboxylic acids is 1. The summed E-state index contributed by atoms with van der Waals surface area (Å²) >= 11 is 1.50. The van der Waals surface area contributed by atoms with Gasteiger partial charge >= 0.3 is 0 Å². The van der Waals surface area contributed by atoms with Crippen molar-refractivity contribution in [2.45, 2.75) is 6.54 Å². The van der Waals surface area contributed by atoms with E-state index in [1.807, 2.05) is 24.3 Å². The largest absolute Gasteiger partial charge is 0.348 e. The van der Waals surface area contributed by atoms with E-state index in [-0.39, 0.29) is 18.3 Å². The van der Waals surface area contributed by atoms with Crippen molar-refractivity contribution in [3.8, 4) is 5.13 Å². The molecule has 0 saturated carbocycles. The van der Waals surface area contributed by atoms with Gasteiger partial charge in [0.2, 0.25) is 5.13 Å². The summed E-state index contributed by atoms with van der Waals surface area (Å²) < 4.78 is 15.8. The molecule has 1 N–H and O–H groups in total. The Hall–Kier alpha value is -3.06. The van der Waals surface area contributed by atoms with Gasteiger partial charge in [0.25, 0.3) is 5.91 Å². The number of nitrogens with zero attached hydrogens (tertiary/aromatic N) is 3. The van der Waals surface area contributed by atoms with E-state index in [0.717, 1.165) is 10.2 Å². The molecule has 0 radical (unpaired) electrons. The molecular formula is C18H13FN4OS. The van der Waals surface area contributed by atoms with Crippen LogP contribution in [0.1, 0.15) is 15.9 Å². The first kappa shape index (κ1) is 15.5. The highest BCUT2D eigenvalue weighted by atomic mass is 32.1. The van der Waals surface area contributed by atoms with Gasteiger partial charge in [0.05, 0.1) is 22.0 Å². The zero-order chi connectivity index (χ0) is 17.2. The third kappa shape index (κ3) is 3.27. The minimum Gasteiger partial charge on any atom is -0.348 e. The van der Waals surface area contributed by atoms with E-state index in [1.54, 1.807) is 23.0 Å². The predicted octanol–water partition coefficient (Wildman–Crippen LogP) is 3.55. The van der Waals surface area contributed by atoms with Crippen LogP contribution in [0, 0.1) is 5.82 Å². The Bertz CT molecular complexity index is 1020. The molecule has 4 aromatic rings. The lowest BCUT2D eigenvalue weighted by Crippen LogP contribution is -2.22. The first-order valence-corrected chi connectivity index (χ1v) is 8.44. The maximum absolute atomic E-state index is 13.2. The molecule has 0 aliphatic carbocycles. The van der Waals surface area contributed by atoms with E-state index >= 15 is 0 Å². The van der Waals surface area contributed by atoms with E-state index in [4.69, 9.17) is 0 Å². The number of fused-ring (bicyclic) bond motifs is 1. The van der Waals surface area contributed by atoms with Gasteiger partial charge in [0, 0.05) is 12.7 Å². The molecule has 5 nitrogen and oxygen atoms in total. The second kappa shape index (κ2) is 6.45. The van der Waals surface area contributed by atoms with Gasteiger partial charge in [0.15, 0.2) is 0 Å². The Balaban J connectivity index is 1.49. The summed E-state index contributed by atoms with van der Waals surface area (Å²) in [4.78, 5) is 16.7. The van der Waals surface area contributed by atoms with Gasteiger partial charge < -0.3 is 5.32 Å². The van der Waals surface area contributed by atoms with Gasteiger partial charge in [-0.1, -0.05) is 35.6 Å². The average Bonchev–Trinajstić information content (AvgIpc) is 3.26. The van der Waals surface area contributed by atoms with Crippen LogP contribution >= 0.6 is 11.3 Å². The van der Waals surface area contributed by atoms with E-state index in [2.05, 4.69) is 15.4 Å². The zero-order valence-electron chi connectivity index (χ0n) is 13.0. The number of aromatic nitrogens is 3. The van der Waals surface area contributed by atoms with Crippen LogP contribution in [-0.4, -0.2) is 20.7 Å². The highest BCUT2D eigenvalue weighted by Gasteiger charge is 2.12. The fourth-order valence-electron chi connectivity index (χ4n) is 2.43. The average molecular weight is 352 g/mol. The normalized spacial score (nSPS) is 10.9. The van der Waals surface area contributed by atoms with E-state index in [1.165, 1.54) is 29.7 Å². The first-order chi connectivity index (χ1) is 12.2. The molecule has 0 aliphatic rings. The lowest BCUT2D eigenvalue weighted by molar-refractivity contribution is 0.0951. The third-order valence-corrected chi connectivity index (χ3v) is 4.69. The van der Waals surface area contributed by atoms with Crippen molar-refractivity contribution in [1.82, 2.24) is 20.1 Å². The third-order valence-electron chi connectivity index (χ3n) is 3.67. The van der Waals surface area contributed by atoms with Crippen LogP contribution in [0.25, 0.3) is 15.3 Å². The van der Waals surface area contributed by atoms with Gasteiger partial charge in [-0.05, 0) is 29.8 Å². The lowest BCUT2D eigenvalue weighted by Gasteiger charge is -2.03. The molecule has 2 aromatic carbocycles. The number of amides is 1. The van der Waals surface area contributed by atoms with Crippen LogP contribution in [0.15, 0.2) is 60.9 Å². The summed E-state index contributed by atoms with van der Waals surface area (Å²) in [5.74, 6) is -0.591. The molecule has 0 bridgehead atoms. The van der Waals surface area contributed by atoms with E-state index in [9.17, 15) is 9.18 Å². The Morgan fingerprint density at radius 1 is 1.20 bits per heavy atom. The summed E-state index contributed by atoms with van der Waals surface area (Å²) in [6.07, 6.45) is 3.13. The highest BCUT2D eigenvalue weighted by molar-refractivity contribution is 7.20. The minimum absolute atomic E-state index is 0.253. The number of carbonyl (C=O) groups is 1. The molecule has 7 heteroatoms. The SMILES string of the molecule is O=C(NCc1cccc(F)c1)c1cnn(-c2nc3ccccc3s2)c1. The molecule has 4 rings (SSSR count). The van der Waals surface area contributed by atoms with Crippen molar-refractivity contribution in [3.63, 3.8) is 0 Å². The second-order valence-corrected chi connectivity index (χ2v) is 6.46. The number of benzene rings is 2. The van der Waals surface area contributed by atoms with Crippen molar-refractivity contribution in [2.75, 3.05) is 0 Å². The van der Waals surface area contributed by atoms with Crippen LogP contribution in [0.2, 0.25) is 0 Å². The summed E-state index contributed by atoms with van der Waals surface area (Å²) in [7, 11) is 0. The fourth-order valence-corrected chi connectivity index (χ4v) is 3.33. The number of hydrogen-bond acceptors (Lipinski definition) is 4. The molecule has 2 aromatic heterocycles. The molecular weight excluding hydrogens is 339 g/mol. The monoisotopic (exact) mass is 352 g/mol. The van der Waals surface area contributed by atoms with Crippen LogP contribution in [0.3, 0.4) is 0 Å². The maximum atomic E-state index is 13.2. The van der Waals surface area contributed by atoms with Crippen molar-refractivity contribution in [3.05, 3.63) is 77.9 Å². The number of para-hydroxylation sites is 1. The van der Waals surface area contributed by atoms with Crippen molar-refractivity contribution in [1.29, 1.82) is 0 Å². The van der Waals surface area contributed by atoms with E-state index < -0.39 is 0 Å². The molecule has 0 saturated heterocycles. The minimum atomic E-state index is -0.324.